The molecule has 142 valence electrons. The van der Waals surface area contributed by atoms with E-state index in [0.717, 1.165) is 45.2 Å². The lowest BCUT2D eigenvalue weighted by atomic mass is 10.1. The van der Waals surface area contributed by atoms with Crippen molar-refractivity contribution in [1.82, 2.24) is 15.5 Å². The fourth-order valence-corrected chi connectivity index (χ4v) is 2.81. The highest BCUT2D eigenvalue weighted by Crippen LogP contribution is 2.16. The molecule has 2 aromatic carbocycles. The number of methoxy groups -OCH3 is 1. The molecule has 5 nitrogen and oxygen atoms in total. The number of rotatable bonds is 10. The molecule has 0 fully saturated rings. The van der Waals surface area contributed by atoms with Crippen LogP contribution in [0.2, 0.25) is 0 Å². The second-order valence-corrected chi connectivity index (χ2v) is 6.45. The van der Waals surface area contributed by atoms with Crippen LogP contribution >= 0.6 is 0 Å². The monoisotopic (exact) mass is 356 g/mol. The summed E-state index contributed by atoms with van der Waals surface area (Å²) in [4.78, 5) is 7.02. The number of ether oxygens (including phenoxy) is 1. The smallest absolute Gasteiger partial charge is 0.191 e. The summed E-state index contributed by atoms with van der Waals surface area (Å²) in [6.45, 7) is 7.31. The average molecular weight is 357 g/mol. The van der Waals surface area contributed by atoms with Crippen LogP contribution in [0.25, 0.3) is 10.8 Å². The van der Waals surface area contributed by atoms with Gasteiger partial charge in [0.25, 0.3) is 0 Å². The minimum absolute atomic E-state index is 0.670. The van der Waals surface area contributed by atoms with Crippen LogP contribution in [0.3, 0.4) is 0 Å². The number of guanidine groups is 1. The van der Waals surface area contributed by atoms with Crippen LogP contribution in [0.15, 0.2) is 47.5 Å². The molecule has 0 amide bonds. The maximum absolute atomic E-state index is 5.10. The standard InChI is InChI=1S/C21H32N4O/c1-4-22-21(23-12-14-25(2)13-7-15-26-3)24-17-18-10-11-19-8-5-6-9-20(19)16-18/h5-6,8-11,16H,4,7,12-15,17H2,1-3H3,(H2,22,23,24). The van der Waals surface area contributed by atoms with Gasteiger partial charge in [0, 0.05) is 39.9 Å². The minimum atomic E-state index is 0.670. The Morgan fingerprint density at radius 2 is 1.88 bits per heavy atom. The first-order valence-electron chi connectivity index (χ1n) is 9.40. The third-order valence-corrected chi connectivity index (χ3v) is 4.25. The molecule has 0 saturated heterocycles. The van der Waals surface area contributed by atoms with E-state index in [0.29, 0.717) is 6.54 Å². The molecule has 0 aromatic heterocycles. The van der Waals surface area contributed by atoms with E-state index in [1.165, 1.54) is 16.3 Å². The SMILES string of the molecule is CCNC(=NCc1ccc2ccccc2c1)NCCN(C)CCCOC. The van der Waals surface area contributed by atoms with Crippen molar-refractivity contribution in [2.24, 2.45) is 4.99 Å². The van der Waals surface area contributed by atoms with Crippen molar-refractivity contribution < 1.29 is 4.74 Å². The summed E-state index contributed by atoms with van der Waals surface area (Å²) in [5.41, 5.74) is 1.22. The summed E-state index contributed by atoms with van der Waals surface area (Å²) in [5, 5.41) is 9.26. The van der Waals surface area contributed by atoms with Gasteiger partial charge in [-0.1, -0.05) is 36.4 Å². The number of aliphatic imine (C=N–C) groups is 1. The van der Waals surface area contributed by atoms with Gasteiger partial charge >= 0.3 is 0 Å². The largest absolute Gasteiger partial charge is 0.385 e. The first-order chi connectivity index (χ1) is 12.7. The van der Waals surface area contributed by atoms with Gasteiger partial charge in [-0.15, -0.1) is 0 Å². The molecule has 26 heavy (non-hydrogen) atoms. The summed E-state index contributed by atoms with van der Waals surface area (Å²) in [6.07, 6.45) is 1.06. The van der Waals surface area contributed by atoms with Gasteiger partial charge in [-0.3, -0.25) is 0 Å². The predicted molar refractivity (Wildman–Crippen MR) is 111 cm³/mol. The van der Waals surface area contributed by atoms with E-state index in [9.17, 15) is 0 Å². The Balaban J connectivity index is 1.84. The number of nitrogens with one attached hydrogen (secondary N) is 2. The Morgan fingerprint density at radius 3 is 2.65 bits per heavy atom. The lowest BCUT2D eigenvalue weighted by Gasteiger charge is -2.18. The molecule has 5 heteroatoms. The molecule has 2 N–H and O–H groups in total. The van der Waals surface area contributed by atoms with Crippen molar-refractivity contribution in [3.63, 3.8) is 0 Å². The second kappa shape index (κ2) is 11.5. The number of benzene rings is 2. The zero-order valence-corrected chi connectivity index (χ0v) is 16.3. The Morgan fingerprint density at radius 1 is 1.08 bits per heavy atom. The molecule has 0 aliphatic heterocycles. The topological polar surface area (TPSA) is 48.9 Å². The molecule has 0 radical (unpaired) electrons. The highest BCUT2D eigenvalue weighted by Gasteiger charge is 2.01. The number of likely N-dealkylation sites (N-methyl/N-ethyl adjacent to an activating group) is 1. The van der Waals surface area contributed by atoms with Crippen LogP contribution in [0.4, 0.5) is 0 Å². The van der Waals surface area contributed by atoms with Crippen molar-refractivity contribution in [3.8, 4) is 0 Å². The molecular weight excluding hydrogens is 324 g/mol. The maximum atomic E-state index is 5.10. The van der Waals surface area contributed by atoms with Gasteiger partial charge in [0.05, 0.1) is 6.54 Å². The van der Waals surface area contributed by atoms with Crippen molar-refractivity contribution >= 4 is 16.7 Å². The summed E-state index contributed by atoms with van der Waals surface area (Å²) in [5.74, 6) is 0.867. The zero-order chi connectivity index (χ0) is 18.6. The fourth-order valence-electron chi connectivity index (χ4n) is 2.81. The molecule has 0 spiro atoms. The van der Waals surface area contributed by atoms with Crippen molar-refractivity contribution in [1.29, 1.82) is 0 Å². The van der Waals surface area contributed by atoms with E-state index in [4.69, 9.17) is 9.73 Å². The van der Waals surface area contributed by atoms with E-state index >= 15 is 0 Å². The molecule has 0 bridgehead atoms. The van der Waals surface area contributed by atoms with Gasteiger partial charge < -0.3 is 20.3 Å². The Labute approximate surface area is 157 Å². The molecular formula is C21H32N4O. The quantitative estimate of drug-likeness (QED) is 0.390. The van der Waals surface area contributed by atoms with E-state index in [1.807, 2.05) is 0 Å². The first-order valence-corrected chi connectivity index (χ1v) is 9.40. The molecule has 0 unspecified atom stereocenters. The predicted octanol–water partition coefficient (Wildman–Crippen LogP) is 2.86. The van der Waals surface area contributed by atoms with E-state index in [2.05, 4.69) is 72.0 Å². The van der Waals surface area contributed by atoms with Gasteiger partial charge in [0.15, 0.2) is 5.96 Å². The van der Waals surface area contributed by atoms with Gasteiger partial charge in [0.1, 0.15) is 0 Å². The van der Waals surface area contributed by atoms with E-state index in [1.54, 1.807) is 7.11 Å². The molecule has 0 aliphatic carbocycles. The lowest BCUT2D eigenvalue weighted by molar-refractivity contribution is 0.180. The number of hydrogen-bond donors (Lipinski definition) is 2. The second-order valence-electron chi connectivity index (χ2n) is 6.45. The number of fused-ring (bicyclic) bond motifs is 1. The van der Waals surface area contributed by atoms with Gasteiger partial charge in [-0.25, -0.2) is 4.99 Å². The fraction of sp³-hybridized carbons (Fsp3) is 0.476. The van der Waals surface area contributed by atoms with Crippen LogP contribution in [0, 0.1) is 0 Å². The molecule has 2 rings (SSSR count). The molecule has 0 atom stereocenters. The first kappa shape index (κ1) is 20.2. The van der Waals surface area contributed by atoms with Crippen LogP contribution in [0.5, 0.6) is 0 Å². The Bertz CT molecular complexity index is 687. The van der Waals surface area contributed by atoms with Gasteiger partial charge in [0.2, 0.25) is 0 Å². The normalized spacial score (nSPS) is 11.9. The summed E-state index contributed by atoms with van der Waals surface area (Å²) >= 11 is 0. The Kier molecular flexibility index (Phi) is 8.93. The summed E-state index contributed by atoms with van der Waals surface area (Å²) in [6, 6.07) is 15.0. The van der Waals surface area contributed by atoms with E-state index in [-0.39, 0.29) is 0 Å². The molecule has 2 aromatic rings. The molecule has 0 saturated carbocycles. The number of nitrogens with zero attached hydrogens (tertiary/aromatic N) is 2. The zero-order valence-electron chi connectivity index (χ0n) is 16.3. The van der Waals surface area contributed by atoms with Crippen LogP contribution in [-0.4, -0.2) is 57.8 Å². The lowest BCUT2D eigenvalue weighted by Crippen LogP contribution is -2.41. The van der Waals surface area contributed by atoms with Crippen molar-refractivity contribution in [2.45, 2.75) is 19.9 Å². The van der Waals surface area contributed by atoms with Crippen LogP contribution < -0.4 is 10.6 Å². The van der Waals surface area contributed by atoms with Crippen LogP contribution in [-0.2, 0) is 11.3 Å². The summed E-state index contributed by atoms with van der Waals surface area (Å²) < 4.78 is 5.10. The number of hydrogen-bond acceptors (Lipinski definition) is 3. The molecule has 0 aliphatic rings. The summed E-state index contributed by atoms with van der Waals surface area (Å²) in [7, 11) is 3.88. The maximum Gasteiger partial charge on any atom is 0.191 e. The third-order valence-electron chi connectivity index (χ3n) is 4.25. The van der Waals surface area contributed by atoms with Crippen molar-refractivity contribution in [3.05, 3.63) is 48.0 Å². The molecule has 0 heterocycles. The Hall–Kier alpha value is -2.11. The van der Waals surface area contributed by atoms with E-state index < -0.39 is 0 Å². The van der Waals surface area contributed by atoms with Crippen molar-refractivity contribution in [2.75, 3.05) is 46.9 Å². The highest BCUT2D eigenvalue weighted by atomic mass is 16.5. The minimum Gasteiger partial charge on any atom is -0.385 e. The van der Waals surface area contributed by atoms with Gasteiger partial charge in [-0.2, -0.15) is 0 Å². The van der Waals surface area contributed by atoms with Crippen LogP contribution in [0.1, 0.15) is 18.9 Å². The average Bonchev–Trinajstić information content (AvgIpc) is 2.66. The third kappa shape index (κ3) is 7.02. The van der Waals surface area contributed by atoms with Gasteiger partial charge in [-0.05, 0) is 42.8 Å². The highest BCUT2D eigenvalue weighted by molar-refractivity contribution is 5.83.